The lowest BCUT2D eigenvalue weighted by Gasteiger charge is -2.40. The molecule has 0 radical (unpaired) electrons. The van der Waals surface area contributed by atoms with Gasteiger partial charge in [0.1, 0.15) is 0 Å². The number of carbonyl (C=O) groups is 2. The quantitative estimate of drug-likeness (QED) is 0.717. The average Bonchev–Trinajstić information content (AvgIpc) is 2.74. The van der Waals surface area contributed by atoms with Crippen LogP contribution in [-0.4, -0.2) is 41.0 Å². The minimum atomic E-state index is -0.909. The standard InChI is InChI=1S/C23H27BrN2O3/c1-16(17(2)25-21(27)18-6-4-3-5-7-18)22(28)26-14-12-23(29,13-15-26)19-8-10-20(24)11-9-19/h3-11,16-17,29H,12-15H2,1-2H3,(H,25,27). The van der Waals surface area contributed by atoms with Crippen LogP contribution in [0.4, 0.5) is 0 Å². The van der Waals surface area contributed by atoms with Gasteiger partial charge in [-0.05, 0) is 49.6 Å². The second-order valence-corrected chi connectivity index (χ2v) is 8.70. The van der Waals surface area contributed by atoms with Crippen molar-refractivity contribution in [1.82, 2.24) is 10.2 Å². The molecule has 2 aromatic rings. The van der Waals surface area contributed by atoms with Crippen molar-refractivity contribution in [3.05, 3.63) is 70.2 Å². The van der Waals surface area contributed by atoms with E-state index in [0.29, 0.717) is 31.5 Å². The smallest absolute Gasteiger partial charge is 0.251 e. The molecule has 2 N–H and O–H groups in total. The fourth-order valence-corrected chi connectivity index (χ4v) is 3.92. The highest BCUT2D eigenvalue weighted by molar-refractivity contribution is 9.10. The lowest BCUT2D eigenvalue weighted by molar-refractivity contribution is -0.140. The summed E-state index contributed by atoms with van der Waals surface area (Å²) in [6, 6.07) is 16.4. The highest BCUT2D eigenvalue weighted by Gasteiger charge is 2.37. The van der Waals surface area contributed by atoms with Crippen LogP contribution >= 0.6 is 15.9 Å². The Hall–Kier alpha value is -2.18. The fraction of sp³-hybridized carbons (Fsp3) is 0.391. The Morgan fingerprint density at radius 2 is 1.62 bits per heavy atom. The van der Waals surface area contributed by atoms with E-state index >= 15 is 0 Å². The van der Waals surface area contributed by atoms with Gasteiger partial charge in [-0.3, -0.25) is 9.59 Å². The van der Waals surface area contributed by atoms with Gasteiger partial charge in [-0.25, -0.2) is 0 Å². The van der Waals surface area contributed by atoms with E-state index in [1.54, 1.807) is 17.0 Å². The van der Waals surface area contributed by atoms with Crippen LogP contribution in [0.1, 0.15) is 42.6 Å². The molecule has 2 unspecified atom stereocenters. The summed E-state index contributed by atoms with van der Waals surface area (Å²) in [5, 5.41) is 13.9. The number of carbonyl (C=O) groups excluding carboxylic acids is 2. The maximum Gasteiger partial charge on any atom is 0.251 e. The zero-order valence-corrected chi connectivity index (χ0v) is 18.4. The molecule has 0 aliphatic carbocycles. The Morgan fingerprint density at radius 1 is 1.03 bits per heavy atom. The van der Waals surface area contributed by atoms with Crippen molar-refractivity contribution in [1.29, 1.82) is 0 Å². The van der Waals surface area contributed by atoms with Crippen LogP contribution < -0.4 is 5.32 Å². The van der Waals surface area contributed by atoms with Crippen LogP contribution in [0.15, 0.2) is 59.1 Å². The summed E-state index contributed by atoms with van der Waals surface area (Å²) in [5.74, 6) is -0.522. The molecule has 6 heteroatoms. The number of hydrogen-bond acceptors (Lipinski definition) is 3. The Morgan fingerprint density at radius 3 is 2.21 bits per heavy atom. The number of amides is 2. The van der Waals surface area contributed by atoms with Crippen molar-refractivity contribution < 1.29 is 14.7 Å². The minimum absolute atomic E-state index is 0.00344. The normalized spacial score (nSPS) is 18.0. The van der Waals surface area contributed by atoms with Crippen LogP contribution in [0.5, 0.6) is 0 Å². The van der Waals surface area contributed by atoms with Crippen molar-refractivity contribution in [3.63, 3.8) is 0 Å². The first-order chi connectivity index (χ1) is 13.8. The third-order valence-electron chi connectivity index (χ3n) is 5.82. The van der Waals surface area contributed by atoms with Gasteiger partial charge < -0.3 is 15.3 Å². The molecule has 154 valence electrons. The van der Waals surface area contributed by atoms with Crippen molar-refractivity contribution in [2.75, 3.05) is 13.1 Å². The lowest BCUT2D eigenvalue weighted by atomic mass is 9.84. The molecule has 2 amide bonds. The number of nitrogens with one attached hydrogen (secondary N) is 1. The maximum absolute atomic E-state index is 12.9. The van der Waals surface area contributed by atoms with Crippen LogP contribution in [0, 0.1) is 5.92 Å². The fourth-order valence-electron chi connectivity index (χ4n) is 3.65. The lowest BCUT2D eigenvalue weighted by Crippen LogP contribution is -2.50. The molecule has 1 aliphatic rings. The van der Waals surface area contributed by atoms with E-state index in [2.05, 4.69) is 21.2 Å². The molecule has 0 bridgehead atoms. The molecular formula is C23H27BrN2O3. The highest BCUT2D eigenvalue weighted by Crippen LogP contribution is 2.34. The zero-order valence-electron chi connectivity index (χ0n) is 16.8. The van der Waals surface area contributed by atoms with Crippen molar-refractivity contribution in [3.8, 4) is 0 Å². The summed E-state index contributed by atoms with van der Waals surface area (Å²) in [7, 11) is 0. The van der Waals surface area contributed by atoms with E-state index in [-0.39, 0.29) is 23.8 Å². The number of benzene rings is 2. The van der Waals surface area contributed by atoms with Gasteiger partial charge in [0.2, 0.25) is 5.91 Å². The topological polar surface area (TPSA) is 69.6 Å². The molecule has 0 aromatic heterocycles. The SMILES string of the molecule is CC(NC(=O)c1ccccc1)C(C)C(=O)N1CCC(O)(c2ccc(Br)cc2)CC1. The first-order valence-electron chi connectivity index (χ1n) is 9.93. The molecule has 1 heterocycles. The van der Waals surface area contributed by atoms with Crippen molar-refractivity contribution >= 4 is 27.7 Å². The second-order valence-electron chi connectivity index (χ2n) is 7.78. The number of halogens is 1. The Kier molecular flexibility index (Phi) is 6.75. The van der Waals surface area contributed by atoms with Gasteiger partial charge in [-0.2, -0.15) is 0 Å². The Balaban J connectivity index is 1.56. The summed E-state index contributed by atoms with van der Waals surface area (Å²) >= 11 is 3.41. The molecule has 0 spiro atoms. The second kappa shape index (κ2) is 9.09. The van der Waals surface area contributed by atoms with Crippen LogP contribution in [0.3, 0.4) is 0 Å². The molecule has 2 aromatic carbocycles. The molecule has 1 saturated heterocycles. The molecule has 0 saturated carbocycles. The van der Waals surface area contributed by atoms with E-state index in [9.17, 15) is 14.7 Å². The van der Waals surface area contributed by atoms with Gasteiger partial charge in [0.15, 0.2) is 0 Å². The monoisotopic (exact) mass is 458 g/mol. The van der Waals surface area contributed by atoms with Gasteiger partial charge in [0.05, 0.1) is 11.5 Å². The number of hydrogen-bond donors (Lipinski definition) is 2. The first-order valence-corrected chi connectivity index (χ1v) is 10.7. The first kappa shape index (κ1) is 21.5. The third-order valence-corrected chi connectivity index (χ3v) is 6.35. The van der Waals surface area contributed by atoms with Crippen molar-refractivity contribution in [2.45, 2.75) is 38.3 Å². The van der Waals surface area contributed by atoms with Gasteiger partial charge in [0.25, 0.3) is 5.91 Å². The molecule has 2 atom stereocenters. The van der Waals surface area contributed by atoms with Crippen LogP contribution in [0.25, 0.3) is 0 Å². The minimum Gasteiger partial charge on any atom is -0.385 e. The van der Waals surface area contributed by atoms with Crippen molar-refractivity contribution in [2.24, 2.45) is 5.92 Å². The number of piperidine rings is 1. The van der Waals surface area contributed by atoms with E-state index in [1.807, 2.05) is 56.3 Å². The average molecular weight is 459 g/mol. The Labute approximate surface area is 180 Å². The summed E-state index contributed by atoms with van der Waals surface area (Å²) in [5.41, 5.74) is 0.550. The van der Waals surface area contributed by atoms with E-state index in [0.717, 1.165) is 10.0 Å². The summed E-state index contributed by atoms with van der Waals surface area (Å²) in [6.07, 6.45) is 0.996. The van der Waals surface area contributed by atoms with Gasteiger partial charge in [0, 0.05) is 29.2 Å². The summed E-state index contributed by atoms with van der Waals surface area (Å²) in [6.45, 7) is 4.68. The number of aliphatic hydroxyl groups is 1. The molecule has 1 aliphatic heterocycles. The highest BCUT2D eigenvalue weighted by atomic mass is 79.9. The van der Waals surface area contributed by atoms with Crippen LogP contribution in [0.2, 0.25) is 0 Å². The molecule has 1 fully saturated rings. The summed E-state index contributed by atoms with van der Waals surface area (Å²) < 4.78 is 0.970. The summed E-state index contributed by atoms with van der Waals surface area (Å²) in [4.78, 5) is 27.1. The largest absolute Gasteiger partial charge is 0.385 e. The van der Waals surface area contributed by atoms with E-state index < -0.39 is 5.60 Å². The number of nitrogens with zero attached hydrogens (tertiary/aromatic N) is 1. The number of rotatable bonds is 5. The molecule has 29 heavy (non-hydrogen) atoms. The van der Waals surface area contributed by atoms with Gasteiger partial charge in [-0.1, -0.05) is 53.2 Å². The van der Waals surface area contributed by atoms with Gasteiger partial charge in [-0.15, -0.1) is 0 Å². The number of likely N-dealkylation sites (tertiary alicyclic amines) is 1. The van der Waals surface area contributed by atoms with Gasteiger partial charge >= 0.3 is 0 Å². The molecule has 3 rings (SSSR count). The zero-order chi connectivity index (χ0) is 21.0. The molecule has 5 nitrogen and oxygen atoms in total. The van der Waals surface area contributed by atoms with E-state index in [1.165, 1.54) is 0 Å². The Bertz CT molecular complexity index is 846. The third kappa shape index (κ3) is 5.06. The predicted molar refractivity (Wildman–Crippen MR) is 116 cm³/mol. The maximum atomic E-state index is 12.9. The predicted octanol–water partition coefficient (Wildman–Crippen LogP) is 3.71. The van der Waals surface area contributed by atoms with Crippen LogP contribution in [-0.2, 0) is 10.4 Å². The molecular weight excluding hydrogens is 432 g/mol. The van der Waals surface area contributed by atoms with E-state index in [4.69, 9.17) is 0 Å².